The Labute approximate surface area is 142 Å². The van der Waals surface area contributed by atoms with Gasteiger partial charge in [-0.25, -0.2) is 4.57 Å². The maximum Gasteiger partial charge on any atom is 0.469 e. The highest BCUT2D eigenvalue weighted by Gasteiger charge is 2.56. The topological polar surface area (TPSA) is 87.0 Å². The van der Waals surface area contributed by atoms with Gasteiger partial charge < -0.3 is 14.9 Å². The lowest BCUT2D eigenvalue weighted by molar-refractivity contribution is -0.0217. The predicted octanol–water partition coefficient (Wildman–Crippen LogP) is 3.73. The molecule has 0 bridgehead atoms. The van der Waals surface area contributed by atoms with E-state index in [0.717, 1.165) is 38.5 Å². The molecule has 0 heterocycles. The largest absolute Gasteiger partial charge is 0.508 e. The molecule has 5 nitrogen and oxygen atoms in total. The molecule has 3 aliphatic rings. The third kappa shape index (κ3) is 2.62. The lowest BCUT2D eigenvalue weighted by Crippen LogP contribution is -2.44. The second kappa shape index (κ2) is 5.57. The molecule has 6 heteroatoms. The minimum Gasteiger partial charge on any atom is -0.508 e. The Morgan fingerprint density at radius 3 is 2.75 bits per heavy atom. The Morgan fingerprint density at radius 1 is 1.21 bits per heavy atom. The summed E-state index contributed by atoms with van der Waals surface area (Å²) in [5.74, 6) is 1.84. The zero-order chi connectivity index (χ0) is 17.1. The molecule has 2 fully saturated rings. The molecule has 132 valence electrons. The minimum absolute atomic E-state index is 0.142. The quantitative estimate of drug-likeness (QED) is 0.706. The molecule has 0 saturated heterocycles. The van der Waals surface area contributed by atoms with Crippen molar-refractivity contribution in [3.8, 4) is 5.75 Å². The number of hydrogen-bond donors (Lipinski definition) is 3. The van der Waals surface area contributed by atoms with Crippen molar-refractivity contribution in [2.24, 2.45) is 17.3 Å². The van der Waals surface area contributed by atoms with Crippen LogP contribution in [0, 0.1) is 17.3 Å². The fourth-order valence-corrected chi connectivity index (χ4v) is 6.54. The second-order valence-corrected chi connectivity index (χ2v) is 9.20. The van der Waals surface area contributed by atoms with Crippen molar-refractivity contribution in [1.82, 2.24) is 0 Å². The Bertz CT molecular complexity index is 699. The Balaban J connectivity index is 1.62. The summed E-state index contributed by atoms with van der Waals surface area (Å²) >= 11 is 0. The van der Waals surface area contributed by atoms with Gasteiger partial charge in [0, 0.05) is 0 Å². The van der Waals surface area contributed by atoms with Crippen LogP contribution >= 0.6 is 7.82 Å². The molecule has 5 atom stereocenters. The molecule has 3 aliphatic carbocycles. The monoisotopic (exact) mass is 352 g/mol. The first-order valence-corrected chi connectivity index (χ1v) is 10.4. The first kappa shape index (κ1) is 16.6. The molecule has 2 saturated carbocycles. The van der Waals surface area contributed by atoms with Crippen LogP contribution in [0.3, 0.4) is 0 Å². The van der Waals surface area contributed by atoms with Crippen molar-refractivity contribution < 1.29 is 24.0 Å². The van der Waals surface area contributed by atoms with E-state index >= 15 is 0 Å². The van der Waals surface area contributed by atoms with Gasteiger partial charge in [-0.2, -0.15) is 0 Å². The molecule has 0 radical (unpaired) electrons. The molecule has 24 heavy (non-hydrogen) atoms. The lowest BCUT2D eigenvalue weighted by atomic mass is 9.55. The van der Waals surface area contributed by atoms with Gasteiger partial charge in [0.05, 0.1) is 6.10 Å². The van der Waals surface area contributed by atoms with E-state index < -0.39 is 7.82 Å². The highest BCUT2D eigenvalue weighted by atomic mass is 31.2. The Kier molecular flexibility index (Phi) is 3.85. The average molecular weight is 352 g/mol. The SMILES string of the molecule is C[C@@]12CC[C@H]3c4ccc(O)cc4CC[C@@H]3[C@H]1CC[C@@H]2OP(=O)(O)O. The van der Waals surface area contributed by atoms with Gasteiger partial charge >= 0.3 is 7.82 Å². The van der Waals surface area contributed by atoms with Crippen LogP contribution in [0.1, 0.15) is 56.1 Å². The van der Waals surface area contributed by atoms with E-state index in [1.165, 1.54) is 11.1 Å². The van der Waals surface area contributed by atoms with Crippen molar-refractivity contribution in [3.05, 3.63) is 29.3 Å². The minimum atomic E-state index is -4.44. The summed E-state index contributed by atoms with van der Waals surface area (Å²) in [6.45, 7) is 2.16. The first-order chi connectivity index (χ1) is 11.3. The van der Waals surface area contributed by atoms with Gasteiger partial charge in [-0.15, -0.1) is 0 Å². The van der Waals surface area contributed by atoms with Gasteiger partial charge in [0.1, 0.15) is 5.75 Å². The summed E-state index contributed by atoms with van der Waals surface area (Å²) in [5, 5.41) is 9.73. The first-order valence-electron chi connectivity index (χ1n) is 8.84. The van der Waals surface area contributed by atoms with Crippen LogP contribution in [-0.4, -0.2) is 21.0 Å². The molecule has 0 aliphatic heterocycles. The highest BCUT2D eigenvalue weighted by Crippen LogP contribution is 2.63. The van der Waals surface area contributed by atoms with Crippen LogP contribution in [-0.2, 0) is 15.5 Å². The maximum atomic E-state index is 11.3. The fourth-order valence-electron chi connectivity index (χ4n) is 5.86. The molecule has 3 N–H and O–H groups in total. The van der Waals surface area contributed by atoms with Crippen molar-refractivity contribution in [3.63, 3.8) is 0 Å². The second-order valence-electron chi connectivity index (χ2n) is 8.01. The molecule has 0 aromatic heterocycles. The molecular formula is C18H25O5P. The van der Waals surface area contributed by atoms with Gasteiger partial charge in [-0.05, 0) is 85.0 Å². The summed E-state index contributed by atoms with van der Waals surface area (Å²) < 4.78 is 16.5. The number of rotatable bonds is 2. The third-order valence-corrected chi connectivity index (χ3v) is 7.42. The standard InChI is InChI=1S/C18H25O5P/c1-18-9-8-14-13-5-3-12(19)10-11(13)2-4-15(14)16(18)6-7-17(18)23-24(20,21)22/h3,5,10,14-17,19H,2,4,6-9H2,1H3,(H2,20,21,22)/t14-,15-,16+,17-,18+/m0/s1. The molecule has 0 amide bonds. The van der Waals surface area contributed by atoms with E-state index in [-0.39, 0.29) is 11.5 Å². The van der Waals surface area contributed by atoms with Crippen molar-refractivity contribution >= 4 is 7.82 Å². The average Bonchev–Trinajstić information content (AvgIpc) is 2.82. The maximum absolute atomic E-state index is 11.3. The van der Waals surface area contributed by atoms with Crippen LogP contribution in [0.25, 0.3) is 0 Å². The van der Waals surface area contributed by atoms with Crippen LogP contribution < -0.4 is 0 Å². The Morgan fingerprint density at radius 2 is 2.00 bits per heavy atom. The van der Waals surface area contributed by atoms with Gasteiger partial charge in [0.2, 0.25) is 0 Å². The summed E-state index contributed by atoms with van der Waals surface area (Å²) in [7, 11) is -4.44. The van der Waals surface area contributed by atoms with E-state index in [4.69, 9.17) is 4.52 Å². The molecule has 4 rings (SSSR count). The van der Waals surface area contributed by atoms with Crippen LogP contribution in [0.4, 0.5) is 0 Å². The number of phenols is 1. The molecule has 1 aromatic rings. The molecule has 0 unspecified atom stereocenters. The van der Waals surface area contributed by atoms with Gasteiger partial charge in [0.25, 0.3) is 0 Å². The van der Waals surface area contributed by atoms with Gasteiger partial charge in [-0.3, -0.25) is 4.52 Å². The summed E-state index contributed by atoms with van der Waals surface area (Å²) in [6, 6.07) is 5.75. The normalized spacial score (nSPS) is 38.3. The number of aromatic hydroxyl groups is 1. The number of aryl methyl sites for hydroxylation is 1. The van der Waals surface area contributed by atoms with Crippen LogP contribution in [0.5, 0.6) is 5.75 Å². The summed E-state index contributed by atoms with van der Waals surface area (Å²) in [6.07, 6.45) is 5.39. The van der Waals surface area contributed by atoms with Crippen LogP contribution in [0.15, 0.2) is 18.2 Å². The third-order valence-electron chi connectivity index (χ3n) is 6.89. The van der Waals surface area contributed by atoms with Crippen LogP contribution in [0.2, 0.25) is 0 Å². The number of hydrogen-bond acceptors (Lipinski definition) is 3. The van der Waals surface area contributed by atoms with E-state index in [1.54, 1.807) is 6.07 Å². The summed E-state index contributed by atoms with van der Waals surface area (Å²) in [5.41, 5.74) is 2.49. The number of benzene rings is 1. The molecule has 0 spiro atoms. The molecule has 1 aromatic carbocycles. The van der Waals surface area contributed by atoms with Crippen molar-refractivity contribution in [1.29, 1.82) is 0 Å². The molecular weight excluding hydrogens is 327 g/mol. The fraction of sp³-hybridized carbons (Fsp3) is 0.667. The highest BCUT2D eigenvalue weighted by molar-refractivity contribution is 7.46. The lowest BCUT2D eigenvalue weighted by Gasteiger charge is -2.50. The van der Waals surface area contributed by atoms with Gasteiger partial charge in [0.15, 0.2) is 0 Å². The van der Waals surface area contributed by atoms with E-state index in [2.05, 4.69) is 13.0 Å². The van der Waals surface area contributed by atoms with Crippen molar-refractivity contribution in [2.45, 2.75) is 57.5 Å². The van der Waals surface area contributed by atoms with Crippen molar-refractivity contribution in [2.75, 3.05) is 0 Å². The number of fused-ring (bicyclic) bond motifs is 5. The van der Waals surface area contributed by atoms with E-state index in [1.807, 2.05) is 6.07 Å². The zero-order valence-corrected chi connectivity index (χ0v) is 14.8. The number of phenolic OH excluding ortho intramolecular Hbond substituents is 1. The predicted molar refractivity (Wildman–Crippen MR) is 89.6 cm³/mol. The van der Waals surface area contributed by atoms with E-state index in [9.17, 15) is 19.5 Å². The number of phosphoric acid groups is 1. The summed E-state index contributed by atoms with van der Waals surface area (Å²) in [4.78, 5) is 18.5. The zero-order valence-electron chi connectivity index (χ0n) is 13.9. The number of phosphoric ester groups is 1. The Hall–Kier alpha value is -0.870. The smallest absolute Gasteiger partial charge is 0.469 e. The van der Waals surface area contributed by atoms with E-state index in [0.29, 0.717) is 23.5 Å². The van der Waals surface area contributed by atoms with Gasteiger partial charge in [-0.1, -0.05) is 13.0 Å².